The molecule has 1 aromatic carbocycles. The van der Waals surface area contributed by atoms with E-state index in [1.807, 2.05) is 48.7 Å². The molecule has 0 aliphatic carbocycles. The van der Waals surface area contributed by atoms with Crippen molar-refractivity contribution in [1.82, 2.24) is 14.4 Å². The molecular weight excluding hydrogens is 346 g/mol. The van der Waals surface area contributed by atoms with E-state index in [1.54, 1.807) is 0 Å². The number of rotatable bonds is 6. The fourth-order valence-corrected chi connectivity index (χ4v) is 4.09. The molecule has 126 valence electrons. The molecular formula is C16H17N3O3S2. The number of hydrogen-bond acceptors (Lipinski definition) is 6. The van der Waals surface area contributed by atoms with E-state index in [1.165, 1.54) is 22.7 Å². The van der Waals surface area contributed by atoms with Gasteiger partial charge in [-0.1, -0.05) is 35.5 Å². The van der Waals surface area contributed by atoms with Crippen LogP contribution in [0.1, 0.15) is 17.0 Å². The predicted molar refractivity (Wildman–Crippen MR) is 92.9 cm³/mol. The molecule has 0 aliphatic heterocycles. The predicted octanol–water partition coefficient (Wildman–Crippen LogP) is 3.07. The van der Waals surface area contributed by atoms with Crippen molar-refractivity contribution in [2.45, 2.75) is 19.2 Å². The van der Waals surface area contributed by atoms with Gasteiger partial charge >= 0.3 is 0 Å². The molecule has 24 heavy (non-hydrogen) atoms. The highest BCUT2D eigenvalue weighted by molar-refractivity contribution is 7.88. The molecule has 0 amide bonds. The van der Waals surface area contributed by atoms with Crippen LogP contribution in [0.15, 0.2) is 46.3 Å². The number of aryl methyl sites for hydroxylation is 1. The SMILES string of the molecule is Cc1ccccc1CS(=O)(=O)N(C)Cc1nc(-c2cccs2)no1. The van der Waals surface area contributed by atoms with Crippen molar-refractivity contribution in [3.8, 4) is 10.7 Å². The fourth-order valence-electron chi connectivity index (χ4n) is 2.19. The van der Waals surface area contributed by atoms with E-state index in [2.05, 4.69) is 10.1 Å². The minimum absolute atomic E-state index is 0.0482. The van der Waals surface area contributed by atoms with Gasteiger partial charge in [-0.3, -0.25) is 0 Å². The van der Waals surface area contributed by atoms with Gasteiger partial charge in [-0.05, 0) is 29.5 Å². The molecule has 2 aromatic heterocycles. The van der Waals surface area contributed by atoms with Crippen molar-refractivity contribution in [3.63, 3.8) is 0 Å². The summed E-state index contributed by atoms with van der Waals surface area (Å²) in [6, 6.07) is 11.2. The van der Waals surface area contributed by atoms with Gasteiger partial charge in [-0.15, -0.1) is 11.3 Å². The molecule has 6 nitrogen and oxygen atoms in total. The van der Waals surface area contributed by atoms with Gasteiger partial charge in [0.15, 0.2) is 0 Å². The Morgan fingerprint density at radius 3 is 2.71 bits per heavy atom. The van der Waals surface area contributed by atoms with E-state index >= 15 is 0 Å². The lowest BCUT2D eigenvalue weighted by atomic mass is 10.1. The van der Waals surface area contributed by atoms with Crippen LogP contribution in [-0.2, 0) is 22.3 Å². The van der Waals surface area contributed by atoms with E-state index in [-0.39, 0.29) is 18.2 Å². The van der Waals surface area contributed by atoms with Crippen molar-refractivity contribution in [1.29, 1.82) is 0 Å². The van der Waals surface area contributed by atoms with E-state index < -0.39 is 10.0 Å². The maximum Gasteiger partial charge on any atom is 0.242 e. The summed E-state index contributed by atoms with van der Waals surface area (Å²) in [5, 5.41) is 5.82. The summed E-state index contributed by atoms with van der Waals surface area (Å²) in [6.07, 6.45) is 0. The third-order valence-corrected chi connectivity index (χ3v) is 6.26. The van der Waals surface area contributed by atoms with Crippen molar-refractivity contribution < 1.29 is 12.9 Å². The van der Waals surface area contributed by atoms with Crippen molar-refractivity contribution in [2.24, 2.45) is 0 Å². The second-order valence-electron chi connectivity index (χ2n) is 5.43. The van der Waals surface area contributed by atoms with Crippen LogP contribution in [-0.4, -0.2) is 29.9 Å². The van der Waals surface area contributed by atoms with Crippen LogP contribution in [0.25, 0.3) is 10.7 Å². The Balaban J connectivity index is 1.72. The molecule has 0 bridgehead atoms. The Kier molecular flexibility index (Phi) is 4.79. The Hall–Kier alpha value is -2.03. The van der Waals surface area contributed by atoms with Crippen molar-refractivity contribution >= 4 is 21.4 Å². The van der Waals surface area contributed by atoms with Crippen LogP contribution in [0, 0.1) is 6.92 Å². The van der Waals surface area contributed by atoms with E-state index in [0.29, 0.717) is 5.82 Å². The van der Waals surface area contributed by atoms with Gasteiger partial charge in [0.05, 0.1) is 17.2 Å². The zero-order chi connectivity index (χ0) is 17.2. The van der Waals surface area contributed by atoms with Crippen LogP contribution in [0.4, 0.5) is 0 Å². The summed E-state index contributed by atoms with van der Waals surface area (Å²) in [7, 11) is -1.95. The largest absolute Gasteiger partial charge is 0.337 e. The smallest absolute Gasteiger partial charge is 0.242 e. The van der Waals surface area contributed by atoms with Gasteiger partial charge in [0, 0.05) is 7.05 Å². The Bertz CT molecular complexity index is 918. The summed E-state index contributed by atoms with van der Waals surface area (Å²) in [5.74, 6) is 0.696. The molecule has 0 spiro atoms. The Morgan fingerprint density at radius 2 is 2.00 bits per heavy atom. The van der Waals surface area contributed by atoms with Gasteiger partial charge in [0.2, 0.25) is 21.7 Å². The highest BCUT2D eigenvalue weighted by Gasteiger charge is 2.22. The molecule has 2 heterocycles. The lowest BCUT2D eigenvalue weighted by molar-refractivity contribution is 0.336. The number of thiophene rings is 1. The standard InChI is InChI=1S/C16H17N3O3S2/c1-12-6-3-4-7-13(12)11-24(20,21)19(2)10-15-17-16(18-22-15)14-8-5-9-23-14/h3-9H,10-11H2,1-2H3. The molecule has 0 saturated heterocycles. The first-order chi connectivity index (χ1) is 11.5. The van der Waals surface area contributed by atoms with Crippen LogP contribution in [0.3, 0.4) is 0 Å². The number of nitrogens with zero attached hydrogens (tertiary/aromatic N) is 3. The van der Waals surface area contributed by atoms with Crippen LogP contribution in [0.2, 0.25) is 0 Å². The molecule has 0 radical (unpaired) electrons. The van der Waals surface area contributed by atoms with Gasteiger partial charge < -0.3 is 4.52 Å². The van der Waals surface area contributed by atoms with E-state index in [9.17, 15) is 8.42 Å². The molecule has 3 aromatic rings. The third-order valence-electron chi connectivity index (χ3n) is 3.64. The minimum Gasteiger partial charge on any atom is -0.337 e. The first-order valence-corrected chi connectivity index (χ1v) is 9.79. The number of benzene rings is 1. The average molecular weight is 363 g/mol. The molecule has 0 atom stereocenters. The van der Waals surface area contributed by atoms with Gasteiger partial charge in [0.25, 0.3) is 0 Å². The molecule has 0 N–H and O–H groups in total. The number of aromatic nitrogens is 2. The van der Waals surface area contributed by atoms with Gasteiger partial charge in [-0.2, -0.15) is 9.29 Å². The summed E-state index contributed by atoms with van der Waals surface area (Å²) in [4.78, 5) is 5.14. The summed E-state index contributed by atoms with van der Waals surface area (Å²) in [6.45, 7) is 1.95. The van der Waals surface area contributed by atoms with Crippen LogP contribution < -0.4 is 0 Å². The maximum atomic E-state index is 12.5. The summed E-state index contributed by atoms with van der Waals surface area (Å²) < 4.78 is 31.5. The molecule has 0 fully saturated rings. The lowest BCUT2D eigenvalue weighted by Crippen LogP contribution is -2.28. The van der Waals surface area contributed by atoms with Crippen molar-refractivity contribution in [3.05, 3.63) is 58.8 Å². The highest BCUT2D eigenvalue weighted by atomic mass is 32.2. The number of hydrogen-bond donors (Lipinski definition) is 0. The van der Waals surface area contributed by atoms with Crippen molar-refractivity contribution in [2.75, 3.05) is 7.05 Å². The second kappa shape index (κ2) is 6.84. The van der Waals surface area contributed by atoms with E-state index in [0.717, 1.165) is 16.0 Å². The molecule has 8 heteroatoms. The molecule has 3 rings (SSSR count). The third kappa shape index (κ3) is 3.72. The fraction of sp³-hybridized carbons (Fsp3) is 0.250. The van der Waals surface area contributed by atoms with Gasteiger partial charge in [0.1, 0.15) is 0 Å². The number of sulfonamides is 1. The Morgan fingerprint density at radius 1 is 1.21 bits per heavy atom. The monoisotopic (exact) mass is 363 g/mol. The summed E-state index contributed by atoms with van der Waals surface area (Å²) in [5.41, 5.74) is 1.74. The molecule has 0 unspecified atom stereocenters. The first kappa shape index (κ1) is 16.8. The Labute approximate surface area is 144 Å². The molecule has 0 aliphatic rings. The second-order valence-corrected chi connectivity index (χ2v) is 8.45. The zero-order valence-electron chi connectivity index (χ0n) is 13.3. The van der Waals surface area contributed by atoms with Crippen LogP contribution >= 0.6 is 11.3 Å². The van der Waals surface area contributed by atoms with Crippen LogP contribution in [0.5, 0.6) is 0 Å². The first-order valence-electron chi connectivity index (χ1n) is 7.31. The maximum absolute atomic E-state index is 12.5. The quantitative estimate of drug-likeness (QED) is 0.673. The average Bonchev–Trinajstić information content (AvgIpc) is 3.20. The lowest BCUT2D eigenvalue weighted by Gasteiger charge is -2.15. The molecule has 0 saturated carbocycles. The highest BCUT2D eigenvalue weighted by Crippen LogP contribution is 2.22. The zero-order valence-corrected chi connectivity index (χ0v) is 15.0. The minimum atomic E-state index is -3.47. The van der Waals surface area contributed by atoms with Gasteiger partial charge in [-0.25, -0.2) is 8.42 Å². The topological polar surface area (TPSA) is 76.3 Å². The van der Waals surface area contributed by atoms with E-state index in [4.69, 9.17) is 4.52 Å². The normalized spacial score (nSPS) is 12.0. The summed E-state index contributed by atoms with van der Waals surface area (Å²) >= 11 is 1.50.